The van der Waals surface area contributed by atoms with Gasteiger partial charge in [-0.15, -0.1) is 0 Å². The average molecular weight is 206 g/mol. The highest BCUT2D eigenvalue weighted by molar-refractivity contribution is 8.75. The van der Waals surface area contributed by atoms with Crippen LogP contribution in [0.5, 0.6) is 0 Å². The Kier molecular flexibility index (Phi) is 7.34. The molecule has 0 radical (unpaired) electrons. The number of rotatable bonds is 0. The van der Waals surface area contributed by atoms with Crippen molar-refractivity contribution in [3.8, 4) is 0 Å². The second-order valence-electron chi connectivity index (χ2n) is 3.06. The zero-order valence-corrected chi connectivity index (χ0v) is 9.11. The third kappa shape index (κ3) is 6.17. The largest absolute Gasteiger partial charge is 0.247 e. The standard InChI is InChI=1S/C8H18N2S2/c1-2-4-6-8-11-12-10-9-7-5-3-1/h9-10H,1-8H2. The van der Waals surface area contributed by atoms with Crippen LogP contribution in [0.4, 0.5) is 0 Å². The minimum atomic E-state index is 1.10. The number of hydrazine groups is 1. The van der Waals surface area contributed by atoms with Gasteiger partial charge < -0.3 is 0 Å². The van der Waals surface area contributed by atoms with Gasteiger partial charge in [0.2, 0.25) is 0 Å². The summed E-state index contributed by atoms with van der Waals surface area (Å²) in [7, 11) is 3.63. The van der Waals surface area contributed by atoms with E-state index in [0.717, 1.165) is 6.54 Å². The SMILES string of the molecule is C1CCCCSSNNCCC1. The highest BCUT2D eigenvalue weighted by Gasteiger charge is 1.95. The summed E-state index contributed by atoms with van der Waals surface area (Å²) < 4.78 is 0. The summed E-state index contributed by atoms with van der Waals surface area (Å²) in [4.78, 5) is 3.13. The molecular formula is C8H18N2S2. The fraction of sp³-hybridized carbons (Fsp3) is 1.00. The molecule has 0 amide bonds. The molecule has 2 N–H and O–H groups in total. The van der Waals surface area contributed by atoms with Crippen LogP contribution in [0.3, 0.4) is 0 Å². The second-order valence-corrected chi connectivity index (χ2v) is 5.28. The quantitative estimate of drug-likeness (QED) is 0.470. The number of nitrogens with one attached hydrogen (secondary N) is 2. The second kappa shape index (κ2) is 8.23. The van der Waals surface area contributed by atoms with Gasteiger partial charge in [0, 0.05) is 23.3 Å². The van der Waals surface area contributed by atoms with Crippen molar-refractivity contribution in [3.63, 3.8) is 0 Å². The third-order valence-electron chi connectivity index (χ3n) is 1.95. The first-order chi connectivity index (χ1) is 6.00. The van der Waals surface area contributed by atoms with Gasteiger partial charge in [-0.3, -0.25) is 0 Å². The van der Waals surface area contributed by atoms with Gasteiger partial charge in [0.1, 0.15) is 0 Å². The van der Waals surface area contributed by atoms with Crippen LogP contribution in [-0.4, -0.2) is 12.3 Å². The Balaban J connectivity index is 2.00. The van der Waals surface area contributed by atoms with Crippen LogP contribution >= 0.6 is 21.8 Å². The molecule has 0 atom stereocenters. The molecule has 1 rings (SSSR count). The zero-order chi connectivity index (χ0) is 8.49. The lowest BCUT2D eigenvalue weighted by Gasteiger charge is -2.07. The molecule has 12 heavy (non-hydrogen) atoms. The molecule has 0 spiro atoms. The van der Waals surface area contributed by atoms with E-state index in [9.17, 15) is 0 Å². The van der Waals surface area contributed by atoms with Gasteiger partial charge in [-0.05, 0) is 12.8 Å². The van der Waals surface area contributed by atoms with Gasteiger partial charge in [0.05, 0.1) is 0 Å². The van der Waals surface area contributed by atoms with E-state index in [0.29, 0.717) is 0 Å². The molecule has 4 heteroatoms. The van der Waals surface area contributed by atoms with E-state index in [1.54, 1.807) is 11.0 Å². The Hall–Kier alpha value is 0.620. The summed E-state index contributed by atoms with van der Waals surface area (Å²) in [5.74, 6) is 1.28. The van der Waals surface area contributed by atoms with Crippen molar-refractivity contribution in [2.45, 2.75) is 38.5 Å². The van der Waals surface area contributed by atoms with Crippen LogP contribution < -0.4 is 10.3 Å². The Bertz CT molecular complexity index is 58.0. The Morgan fingerprint density at radius 2 is 1.58 bits per heavy atom. The van der Waals surface area contributed by atoms with Crippen molar-refractivity contribution in [1.82, 2.24) is 10.3 Å². The van der Waals surface area contributed by atoms with Crippen molar-refractivity contribution in [2.75, 3.05) is 12.3 Å². The van der Waals surface area contributed by atoms with E-state index < -0.39 is 0 Å². The van der Waals surface area contributed by atoms with Gasteiger partial charge in [-0.2, -0.15) is 4.83 Å². The molecule has 1 aliphatic rings. The maximum atomic E-state index is 3.20. The van der Waals surface area contributed by atoms with Crippen LogP contribution in [0, 0.1) is 0 Å². The zero-order valence-electron chi connectivity index (χ0n) is 7.47. The monoisotopic (exact) mass is 206 g/mol. The average Bonchev–Trinajstić information content (AvgIpc) is 2.05. The van der Waals surface area contributed by atoms with Crippen LogP contribution in [-0.2, 0) is 0 Å². The topological polar surface area (TPSA) is 24.1 Å². The van der Waals surface area contributed by atoms with E-state index in [2.05, 4.69) is 10.3 Å². The summed E-state index contributed by atoms with van der Waals surface area (Å²) in [6.07, 6.45) is 8.32. The molecule has 1 aliphatic heterocycles. The van der Waals surface area contributed by atoms with Crippen LogP contribution in [0.15, 0.2) is 0 Å². The first-order valence-corrected chi connectivity index (χ1v) is 7.08. The third-order valence-corrected chi connectivity index (χ3v) is 3.86. The van der Waals surface area contributed by atoms with E-state index in [1.807, 2.05) is 10.8 Å². The normalized spacial score (nSPS) is 24.0. The van der Waals surface area contributed by atoms with Crippen molar-refractivity contribution in [2.24, 2.45) is 0 Å². The van der Waals surface area contributed by atoms with Crippen molar-refractivity contribution >= 4 is 21.8 Å². The minimum Gasteiger partial charge on any atom is -0.247 e. The molecule has 0 saturated carbocycles. The van der Waals surface area contributed by atoms with Gasteiger partial charge in [-0.1, -0.05) is 36.5 Å². The lowest BCUT2D eigenvalue weighted by atomic mass is 10.1. The van der Waals surface area contributed by atoms with Crippen molar-refractivity contribution in [1.29, 1.82) is 0 Å². The fourth-order valence-electron chi connectivity index (χ4n) is 1.23. The highest BCUT2D eigenvalue weighted by atomic mass is 33.1. The minimum absolute atomic E-state index is 1.10. The van der Waals surface area contributed by atoms with Gasteiger partial charge >= 0.3 is 0 Å². The smallest absolute Gasteiger partial charge is 0.0109 e. The summed E-state index contributed by atoms with van der Waals surface area (Å²) in [6.45, 7) is 1.10. The summed E-state index contributed by atoms with van der Waals surface area (Å²) >= 11 is 0. The Labute approximate surface area is 83.1 Å². The fourth-order valence-corrected chi connectivity index (χ4v) is 2.82. The van der Waals surface area contributed by atoms with Gasteiger partial charge in [0.25, 0.3) is 0 Å². The molecule has 0 aromatic heterocycles. The first-order valence-electron chi connectivity index (χ1n) is 4.76. The molecule has 1 fully saturated rings. The lowest BCUT2D eigenvalue weighted by Crippen LogP contribution is -2.25. The maximum absolute atomic E-state index is 3.20. The van der Waals surface area contributed by atoms with Crippen molar-refractivity contribution < 1.29 is 0 Å². The van der Waals surface area contributed by atoms with E-state index >= 15 is 0 Å². The molecule has 72 valence electrons. The molecule has 0 aliphatic carbocycles. The Morgan fingerprint density at radius 3 is 2.50 bits per heavy atom. The predicted octanol–water partition coefficient (Wildman–Crippen LogP) is 2.73. The molecule has 2 nitrogen and oxygen atoms in total. The summed E-state index contributed by atoms with van der Waals surface area (Å²) in [6, 6.07) is 0. The molecule has 1 saturated heterocycles. The van der Waals surface area contributed by atoms with Gasteiger partial charge in [0.15, 0.2) is 0 Å². The van der Waals surface area contributed by atoms with E-state index in [1.165, 1.54) is 44.3 Å². The lowest BCUT2D eigenvalue weighted by molar-refractivity contribution is 0.569. The van der Waals surface area contributed by atoms with E-state index in [-0.39, 0.29) is 0 Å². The van der Waals surface area contributed by atoms with Crippen LogP contribution in [0.25, 0.3) is 0 Å². The maximum Gasteiger partial charge on any atom is 0.0109 e. The van der Waals surface area contributed by atoms with E-state index in [4.69, 9.17) is 0 Å². The van der Waals surface area contributed by atoms with Crippen LogP contribution in [0.2, 0.25) is 0 Å². The van der Waals surface area contributed by atoms with Crippen molar-refractivity contribution in [3.05, 3.63) is 0 Å². The number of hydrogen-bond donors (Lipinski definition) is 2. The Morgan fingerprint density at radius 1 is 0.833 bits per heavy atom. The van der Waals surface area contributed by atoms with Gasteiger partial charge in [-0.25, -0.2) is 5.43 Å². The molecule has 0 bridgehead atoms. The molecule has 0 aromatic carbocycles. The molecule has 0 aromatic rings. The predicted molar refractivity (Wildman–Crippen MR) is 58.9 cm³/mol. The molecular weight excluding hydrogens is 188 g/mol. The first kappa shape index (κ1) is 10.7. The molecule has 0 unspecified atom stereocenters. The summed E-state index contributed by atoms with van der Waals surface area (Å²) in [5, 5.41) is 0. The summed E-state index contributed by atoms with van der Waals surface area (Å²) in [5.41, 5.74) is 3.20. The molecule has 1 heterocycles. The number of hydrogen-bond acceptors (Lipinski definition) is 4. The highest BCUT2D eigenvalue weighted by Crippen LogP contribution is 2.19. The van der Waals surface area contributed by atoms with Crippen LogP contribution in [0.1, 0.15) is 38.5 Å².